The van der Waals surface area contributed by atoms with Gasteiger partial charge in [-0.2, -0.15) is 0 Å². The smallest absolute Gasteiger partial charge is 0.193 e. The summed E-state index contributed by atoms with van der Waals surface area (Å²) < 4.78 is 2.02. The zero-order chi connectivity index (χ0) is 20.2. The van der Waals surface area contributed by atoms with Crippen LogP contribution >= 0.6 is 0 Å². The summed E-state index contributed by atoms with van der Waals surface area (Å²) >= 11 is 0. The number of rotatable bonds is 7. The van der Waals surface area contributed by atoms with Crippen molar-refractivity contribution in [3.63, 3.8) is 0 Å². The van der Waals surface area contributed by atoms with E-state index in [2.05, 4.69) is 22.2 Å². The minimum atomic E-state index is 0.0286. The van der Waals surface area contributed by atoms with Crippen LogP contribution in [-0.4, -0.2) is 32.3 Å². The molecule has 0 bridgehead atoms. The number of nitrogens with zero attached hydrogens (tertiary/aromatic N) is 4. The number of benzene rings is 2. The molecule has 0 atom stereocenters. The van der Waals surface area contributed by atoms with Gasteiger partial charge in [0.05, 0.1) is 12.9 Å². The second-order valence-corrected chi connectivity index (χ2v) is 6.93. The van der Waals surface area contributed by atoms with E-state index in [1.807, 2.05) is 66.2 Å². The highest BCUT2D eigenvalue weighted by Crippen LogP contribution is 2.20. The monoisotopic (exact) mass is 385 g/mol. The Hall–Kier alpha value is -3.54. The second kappa shape index (κ2) is 8.22. The van der Waals surface area contributed by atoms with Crippen molar-refractivity contribution in [2.24, 2.45) is 0 Å². The zero-order valence-corrected chi connectivity index (χ0v) is 16.6. The molecule has 6 heteroatoms. The van der Waals surface area contributed by atoms with Crippen molar-refractivity contribution in [1.29, 1.82) is 0 Å². The molecule has 0 fully saturated rings. The fourth-order valence-electron chi connectivity index (χ4n) is 3.33. The predicted molar refractivity (Wildman–Crippen MR) is 114 cm³/mol. The zero-order valence-electron chi connectivity index (χ0n) is 16.6. The molecule has 4 aromatic rings. The van der Waals surface area contributed by atoms with Crippen LogP contribution in [0, 0.1) is 0 Å². The summed E-state index contributed by atoms with van der Waals surface area (Å²) in [6.07, 6.45) is 3.60. The summed E-state index contributed by atoms with van der Waals surface area (Å²) in [6.45, 7) is 2.74. The number of nitrogens with one attached hydrogen (secondary N) is 1. The summed E-state index contributed by atoms with van der Waals surface area (Å²) in [5.41, 5.74) is 4.04. The highest BCUT2D eigenvalue weighted by molar-refractivity contribution is 6.08. The summed E-state index contributed by atoms with van der Waals surface area (Å²) in [6, 6.07) is 17.0. The van der Waals surface area contributed by atoms with Gasteiger partial charge < -0.3 is 9.88 Å². The lowest BCUT2D eigenvalue weighted by molar-refractivity contribution is 0.103. The Balaban J connectivity index is 1.60. The molecule has 0 spiro atoms. The second-order valence-electron chi connectivity index (χ2n) is 6.93. The standard InChI is InChI=1S/C23H23N5O/c1-3-7-19-26-22(24-2)20-23(27-19)28(15-25-20)14-16-10-12-18(13-11-16)21(29)17-8-5-4-6-9-17/h4-6,8-13,15H,3,7,14H2,1-2H3,(H,24,26,27). The fraction of sp³-hybridized carbons (Fsp3) is 0.217. The van der Waals surface area contributed by atoms with Crippen molar-refractivity contribution < 1.29 is 4.79 Å². The molecule has 0 aliphatic carbocycles. The first-order chi connectivity index (χ1) is 14.2. The van der Waals surface area contributed by atoms with Gasteiger partial charge in [-0.05, 0) is 12.0 Å². The molecule has 0 aliphatic rings. The molecule has 2 heterocycles. The van der Waals surface area contributed by atoms with Gasteiger partial charge in [0.2, 0.25) is 0 Å². The van der Waals surface area contributed by atoms with E-state index in [0.717, 1.165) is 41.2 Å². The van der Waals surface area contributed by atoms with Crippen molar-refractivity contribution in [2.75, 3.05) is 12.4 Å². The molecule has 0 saturated heterocycles. The first kappa shape index (κ1) is 18.8. The molecule has 2 aromatic carbocycles. The van der Waals surface area contributed by atoms with Gasteiger partial charge in [0.1, 0.15) is 11.3 Å². The van der Waals surface area contributed by atoms with Crippen molar-refractivity contribution in [2.45, 2.75) is 26.3 Å². The van der Waals surface area contributed by atoms with E-state index in [1.54, 1.807) is 6.33 Å². The van der Waals surface area contributed by atoms with Crippen LogP contribution < -0.4 is 5.32 Å². The van der Waals surface area contributed by atoms with E-state index in [4.69, 9.17) is 4.98 Å². The molecular weight excluding hydrogens is 362 g/mol. The maximum atomic E-state index is 12.6. The third-order valence-electron chi connectivity index (χ3n) is 4.83. The van der Waals surface area contributed by atoms with Gasteiger partial charge in [-0.25, -0.2) is 15.0 Å². The Bertz CT molecular complexity index is 1130. The van der Waals surface area contributed by atoms with Crippen LogP contribution in [0.1, 0.15) is 40.7 Å². The van der Waals surface area contributed by atoms with Crippen molar-refractivity contribution in [1.82, 2.24) is 19.5 Å². The van der Waals surface area contributed by atoms with E-state index in [1.165, 1.54) is 0 Å². The molecule has 29 heavy (non-hydrogen) atoms. The first-order valence-electron chi connectivity index (χ1n) is 9.77. The fourth-order valence-corrected chi connectivity index (χ4v) is 3.33. The van der Waals surface area contributed by atoms with Crippen molar-refractivity contribution in [3.05, 3.63) is 83.4 Å². The molecule has 0 aliphatic heterocycles. The van der Waals surface area contributed by atoms with Crippen LogP contribution in [-0.2, 0) is 13.0 Å². The van der Waals surface area contributed by atoms with Gasteiger partial charge >= 0.3 is 0 Å². The number of carbonyl (C=O) groups is 1. The lowest BCUT2D eigenvalue weighted by Crippen LogP contribution is -2.05. The first-order valence-corrected chi connectivity index (χ1v) is 9.77. The Labute approximate surface area is 169 Å². The molecule has 0 saturated carbocycles. The number of aryl methyl sites for hydroxylation is 1. The minimum Gasteiger partial charge on any atom is -0.371 e. The predicted octanol–water partition coefficient (Wildman–Crippen LogP) is 4.10. The summed E-state index contributed by atoms with van der Waals surface area (Å²) in [7, 11) is 1.85. The molecule has 0 amide bonds. The van der Waals surface area contributed by atoms with Crippen LogP contribution in [0.4, 0.5) is 5.82 Å². The Morgan fingerprint density at radius 1 is 1.00 bits per heavy atom. The maximum absolute atomic E-state index is 12.6. The van der Waals surface area contributed by atoms with E-state index in [-0.39, 0.29) is 5.78 Å². The third-order valence-corrected chi connectivity index (χ3v) is 4.83. The molecule has 0 radical (unpaired) electrons. The average Bonchev–Trinajstić information content (AvgIpc) is 3.17. The quantitative estimate of drug-likeness (QED) is 0.485. The average molecular weight is 385 g/mol. The lowest BCUT2D eigenvalue weighted by atomic mass is 10.0. The Kier molecular flexibility index (Phi) is 5.33. The van der Waals surface area contributed by atoms with Crippen LogP contribution in [0.2, 0.25) is 0 Å². The van der Waals surface area contributed by atoms with Crippen LogP contribution in [0.15, 0.2) is 60.9 Å². The highest BCUT2D eigenvalue weighted by Gasteiger charge is 2.13. The molecule has 0 unspecified atom stereocenters. The third kappa shape index (κ3) is 3.87. The minimum absolute atomic E-state index is 0.0286. The topological polar surface area (TPSA) is 72.7 Å². The molecule has 6 nitrogen and oxygen atoms in total. The van der Waals surface area contributed by atoms with Crippen LogP contribution in [0.5, 0.6) is 0 Å². The van der Waals surface area contributed by atoms with Gasteiger partial charge in [0.25, 0.3) is 0 Å². The number of imidazole rings is 1. The maximum Gasteiger partial charge on any atom is 0.193 e. The molecule has 4 rings (SSSR count). The number of fused-ring (bicyclic) bond motifs is 1. The molecular formula is C23H23N5O. The molecule has 146 valence electrons. The number of aromatic nitrogens is 4. The van der Waals surface area contributed by atoms with E-state index in [9.17, 15) is 4.79 Å². The molecule has 1 N–H and O–H groups in total. The number of anilines is 1. The van der Waals surface area contributed by atoms with Gasteiger partial charge in [-0.15, -0.1) is 0 Å². The van der Waals surface area contributed by atoms with Crippen molar-refractivity contribution in [3.8, 4) is 0 Å². The lowest BCUT2D eigenvalue weighted by Gasteiger charge is -2.08. The van der Waals surface area contributed by atoms with Gasteiger partial charge in [0.15, 0.2) is 17.2 Å². The van der Waals surface area contributed by atoms with Crippen molar-refractivity contribution >= 4 is 22.8 Å². The molecule has 2 aromatic heterocycles. The number of hydrogen-bond acceptors (Lipinski definition) is 5. The van der Waals surface area contributed by atoms with Crippen LogP contribution in [0.3, 0.4) is 0 Å². The normalized spacial score (nSPS) is 11.0. The van der Waals surface area contributed by atoms with Gasteiger partial charge in [-0.3, -0.25) is 4.79 Å². The summed E-state index contributed by atoms with van der Waals surface area (Å²) in [5.74, 6) is 1.59. The van der Waals surface area contributed by atoms with E-state index in [0.29, 0.717) is 17.7 Å². The SMILES string of the molecule is CCCc1nc(NC)c2ncn(Cc3ccc(C(=O)c4ccccc4)cc3)c2n1. The van der Waals surface area contributed by atoms with E-state index >= 15 is 0 Å². The van der Waals surface area contributed by atoms with Gasteiger partial charge in [0, 0.05) is 24.6 Å². The largest absolute Gasteiger partial charge is 0.371 e. The number of carbonyl (C=O) groups excluding carboxylic acids is 1. The number of ketones is 1. The van der Waals surface area contributed by atoms with Crippen LogP contribution in [0.25, 0.3) is 11.2 Å². The Morgan fingerprint density at radius 2 is 1.72 bits per heavy atom. The summed E-state index contributed by atoms with van der Waals surface area (Å²) in [5, 5.41) is 3.12. The van der Waals surface area contributed by atoms with Gasteiger partial charge in [-0.1, -0.05) is 61.5 Å². The Morgan fingerprint density at radius 3 is 2.41 bits per heavy atom. The highest BCUT2D eigenvalue weighted by atomic mass is 16.1. The number of hydrogen-bond donors (Lipinski definition) is 1. The summed E-state index contributed by atoms with van der Waals surface area (Å²) in [4.78, 5) is 26.3. The van der Waals surface area contributed by atoms with E-state index < -0.39 is 0 Å².